The van der Waals surface area contributed by atoms with Crippen LogP contribution in [0.3, 0.4) is 0 Å². The average Bonchev–Trinajstić information content (AvgIpc) is 2.47. The van der Waals surface area contributed by atoms with Crippen molar-refractivity contribution in [1.29, 1.82) is 0 Å². The van der Waals surface area contributed by atoms with Crippen LogP contribution in [-0.2, 0) is 4.74 Å². The first-order valence-electron chi connectivity index (χ1n) is 6.80. The Morgan fingerprint density at radius 1 is 1.37 bits per heavy atom. The molecule has 1 fully saturated rings. The molecular weight excluding hydrogens is 242 g/mol. The van der Waals surface area contributed by atoms with Gasteiger partial charge in [-0.25, -0.2) is 0 Å². The van der Waals surface area contributed by atoms with E-state index in [4.69, 9.17) is 9.47 Å². The number of carbonyl (C=O) groups is 1. The molecule has 1 aliphatic rings. The average molecular weight is 263 g/mol. The van der Waals surface area contributed by atoms with Gasteiger partial charge in [-0.15, -0.1) is 0 Å². The zero-order valence-electron chi connectivity index (χ0n) is 11.4. The highest BCUT2D eigenvalue weighted by Gasteiger charge is 2.13. The topological polar surface area (TPSA) is 38.8 Å². The molecule has 1 aromatic carbocycles. The fourth-order valence-electron chi connectivity index (χ4n) is 2.15. The van der Waals surface area contributed by atoms with Crippen molar-refractivity contribution in [3.8, 4) is 5.75 Å². The van der Waals surface area contributed by atoms with Crippen molar-refractivity contribution in [2.24, 2.45) is 0 Å². The zero-order valence-corrected chi connectivity index (χ0v) is 11.4. The molecule has 4 heteroatoms. The summed E-state index contributed by atoms with van der Waals surface area (Å²) in [5.41, 5.74) is 0.612. The lowest BCUT2D eigenvalue weighted by atomic mass is 10.2. The molecule has 19 heavy (non-hydrogen) atoms. The van der Waals surface area contributed by atoms with Gasteiger partial charge in [0, 0.05) is 19.6 Å². The van der Waals surface area contributed by atoms with Crippen molar-refractivity contribution in [3.05, 3.63) is 29.8 Å². The van der Waals surface area contributed by atoms with Crippen molar-refractivity contribution in [1.82, 2.24) is 4.90 Å². The van der Waals surface area contributed by atoms with Gasteiger partial charge in [0.25, 0.3) is 0 Å². The van der Waals surface area contributed by atoms with Gasteiger partial charge in [-0.2, -0.15) is 0 Å². The van der Waals surface area contributed by atoms with Crippen LogP contribution in [0.5, 0.6) is 5.75 Å². The van der Waals surface area contributed by atoms with Crippen LogP contribution in [0.4, 0.5) is 0 Å². The summed E-state index contributed by atoms with van der Waals surface area (Å²) >= 11 is 0. The zero-order chi connectivity index (χ0) is 13.5. The molecule has 104 valence electrons. The Bertz CT molecular complexity index is 402. The lowest BCUT2D eigenvalue weighted by Crippen LogP contribution is -2.38. The lowest BCUT2D eigenvalue weighted by Gasteiger charge is -2.27. The Morgan fingerprint density at radius 3 is 2.84 bits per heavy atom. The minimum Gasteiger partial charge on any atom is -0.490 e. The van der Waals surface area contributed by atoms with Gasteiger partial charge in [-0.3, -0.25) is 9.69 Å². The van der Waals surface area contributed by atoms with E-state index >= 15 is 0 Å². The Morgan fingerprint density at radius 2 is 2.11 bits per heavy atom. The van der Waals surface area contributed by atoms with E-state index in [1.807, 2.05) is 25.1 Å². The molecule has 1 saturated heterocycles. The Labute approximate surface area is 114 Å². The number of carbonyl (C=O) groups excluding carboxylic acids is 1. The maximum Gasteiger partial charge on any atom is 0.153 e. The normalized spacial score (nSPS) is 17.9. The molecule has 1 aliphatic heterocycles. The highest BCUT2D eigenvalue weighted by molar-refractivity contribution is 5.79. The minimum atomic E-state index is 0.101. The molecule has 0 aliphatic carbocycles. The van der Waals surface area contributed by atoms with Crippen molar-refractivity contribution < 1.29 is 14.3 Å². The molecule has 0 N–H and O–H groups in total. The van der Waals surface area contributed by atoms with Crippen LogP contribution < -0.4 is 4.74 Å². The molecule has 0 saturated carbocycles. The number of rotatable bonds is 6. The third kappa shape index (κ3) is 4.33. The molecule has 1 atom stereocenters. The van der Waals surface area contributed by atoms with Crippen LogP contribution in [-0.4, -0.2) is 50.1 Å². The molecule has 2 rings (SSSR count). The molecule has 0 spiro atoms. The quantitative estimate of drug-likeness (QED) is 0.736. The number of morpholine rings is 1. The molecule has 0 aromatic heterocycles. The summed E-state index contributed by atoms with van der Waals surface area (Å²) in [6, 6.07) is 7.35. The SMILES string of the molecule is CC(CCN1CCOCC1)Oc1ccccc1C=O. The number of hydrogen-bond donors (Lipinski definition) is 0. The first-order chi connectivity index (χ1) is 9.29. The third-order valence-electron chi connectivity index (χ3n) is 3.33. The van der Waals surface area contributed by atoms with Crippen molar-refractivity contribution in [2.75, 3.05) is 32.8 Å². The van der Waals surface area contributed by atoms with Crippen molar-refractivity contribution in [2.45, 2.75) is 19.4 Å². The van der Waals surface area contributed by atoms with Crippen LogP contribution in [0.2, 0.25) is 0 Å². The van der Waals surface area contributed by atoms with Crippen molar-refractivity contribution in [3.63, 3.8) is 0 Å². The highest BCUT2D eigenvalue weighted by Crippen LogP contribution is 2.18. The van der Waals surface area contributed by atoms with Gasteiger partial charge in [0.05, 0.1) is 24.9 Å². The summed E-state index contributed by atoms with van der Waals surface area (Å²) in [6.07, 6.45) is 1.89. The molecule has 1 aromatic rings. The van der Waals surface area contributed by atoms with Crippen LogP contribution in [0.15, 0.2) is 24.3 Å². The fourth-order valence-corrected chi connectivity index (χ4v) is 2.15. The van der Waals surface area contributed by atoms with E-state index in [0.717, 1.165) is 45.6 Å². The number of benzene rings is 1. The van der Waals surface area contributed by atoms with Gasteiger partial charge in [0.1, 0.15) is 5.75 Å². The third-order valence-corrected chi connectivity index (χ3v) is 3.33. The first kappa shape index (κ1) is 14.0. The van der Waals surface area contributed by atoms with Gasteiger partial charge in [-0.05, 0) is 25.5 Å². The number of aldehydes is 1. The van der Waals surface area contributed by atoms with Gasteiger partial charge < -0.3 is 9.47 Å². The van der Waals surface area contributed by atoms with E-state index in [-0.39, 0.29) is 6.10 Å². The second kappa shape index (κ2) is 7.26. The Hall–Kier alpha value is -1.39. The predicted octanol–water partition coefficient (Wildman–Crippen LogP) is 1.99. The summed E-state index contributed by atoms with van der Waals surface area (Å²) < 4.78 is 11.2. The highest BCUT2D eigenvalue weighted by atomic mass is 16.5. The summed E-state index contributed by atoms with van der Waals surface area (Å²) in [6.45, 7) is 6.69. The minimum absolute atomic E-state index is 0.101. The first-order valence-corrected chi connectivity index (χ1v) is 6.80. The molecule has 0 bridgehead atoms. The van der Waals surface area contributed by atoms with Crippen LogP contribution >= 0.6 is 0 Å². The van der Waals surface area contributed by atoms with E-state index in [1.54, 1.807) is 6.07 Å². The smallest absolute Gasteiger partial charge is 0.153 e. The predicted molar refractivity (Wildman–Crippen MR) is 73.8 cm³/mol. The number of hydrogen-bond acceptors (Lipinski definition) is 4. The molecule has 4 nitrogen and oxygen atoms in total. The largest absolute Gasteiger partial charge is 0.490 e. The Balaban J connectivity index is 1.80. The summed E-state index contributed by atoms with van der Waals surface area (Å²) in [5.74, 6) is 0.673. The number of nitrogens with zero attached hydrogens (tertiary/aromatic N) is 1. The number of ether oxygens (including phenoxy) is 2. The van der Waals surface area contributed by atoms with Gasteiger partial charge in [-0.1, -0.05) is 12.1 Å². The maximum absolute atomic E-state index is 10.9. The summed E-state index contributed by atoms with van der Waals surface area (Å²) in [5, 5.41) is 0. The summed E-state index contributed by atoms with van der Waals surface area (Å²) in [4.78, 5) is 13.3. The summed E-state index contributed by atoms with van der Waals surface area (Å²) in [7, 11) is 0. The van der Waals surface area contributed by atoms with E-state index < -0.39 is 0 Å². The second-order valence-corrected chi connectivity index (χ2v) is 4.83. The molecule has 1 heterocycles. The van der Waals surface area contributed by atoms with E-state index in [9.17, 15) is 4.79 Å². The van der Waals surface area contributed by atoms with E-state index in [2.05, 4.69) is 4.90 Å². The molecule has 0 amide bonds. The van der Waals surface area contributed by atoms with E-state index in [1.165, 1.54) is 0 Å². The van der Waals surface area contributed by atoms with Gasteiger partial charge in [0.2, 0.25) is 0 Å². The standard InChI is InChI=1S/C15H21NO3/c1-13(6-7-16-8-10-18-11-9-16)19-15-5-3-2-4-14(15)12-17/h2-5,12-13H,6-11H2,1H3. The van der Waals surface area contributed by atoms with Crippen LogP contribution in [0.1, 0.15) is 23.7 Å². The Kier molecular flexibility index (Phi) is 5.36. The van der Waals surface area contributed by atoms with Crippen LogP contribution in [0.25, 0.3) is 0 Å². The molecule has 0 radical (unpaired) electrons. The van der Waals surface area contributed by atoms with Gasteiger partial charge in [0.15, 0.2) is 6.29 Å². The van der Waals surface area contributed by atoms with Crippen LogP contribution in [0, 0.1) is 0 Å². The monoisotopic (exact) mass is 263 g/mol. The lowest BCUT2D eigenvalue weighted by molar-refractivity contribution is 0.0326. The second-order valence-electron chi connectivity index (χ2n) is 4.83. The number of para-hydroxylation sites is 1. The van der Waals surface area contributed by atoms with Crippen molar-refractivity contribution >= 4 is 6.29 Å². The fraction of sp³-hybridized carbons (Fsp3) is 0.533. The molecular formula is C15H21NO3. The van der Waals surface area contributed by atoms with E-state index in [0.29, 0.717) is 11.3 Å². The molecule has 1 unspecified atom stereocenters. The maximum atomic E-state index is 10.9. The van der Waals surface area contributed by atoms with Gasteiger partial charge >= 0.3 is 0 Å².